The Bertz CT molecular complexity index is 808. The molecule has 0 aromatic heterocycles. The molecule has 5 nitrogen and oxygen atoms in total. The average Bonchev–Trinajstić information content (AvgIpc) is 3.31. The third-order valence-electron chi connectivity index (χ3n) is 5.05. The van der Waals surface area contributed by atoms with Crippen LogP contribution in [0.2, 0.25) is 0 Å². The van der Waals surface area contributed by atoms with Gasteiger partial charge in [-0.2, -0.15) is 0 Å². The van der Waals surface area contributed by atoms with Crippen molar-refractivity contribution in [3.8, 4) is 11.5 Å². The van der Waals surface area contributed by atoms with Crippen LogP contribution < -0.4 is 9.47 Å². The fraction of sp³-hybridized carbons (Fsp3) is 0.350. The van der Waals surface area contributed by atoms with Crippen molar-refractivity contribution >= 4 is 17.7 Å². The molecule has 2 heterocycles. The van der Waals surface area contributed by atoms with Crippen LogP contribution in [0.25, 0.3) is 0 Å². The number of ether oxygens (including phenoxy) is 2. The molecule has 2 aliphatic heterocycles. The van der Waals surface area contributed by atoms with E-state index in [-0.39, 0.29) is 12.8 Å². The summed E-state index contributed by atoms with van der Waals surface area (Å²) in [5, 5.41) is 9.67. The zero-order chi connectivity index (χ0) is 18.1. The average molecular weight is 371 g/mol. The molecule has 0 spiro atoms. The van der Waals surface area contributed by atoms with E-state index in [2.05, 4.69) is 29.2 Å². The first-order chi connectivity index (χ1) is 12.7. The quantitative estimate of drug-likeness (QED) is 0.808. The van der Waals surface area contributed by atoms with Gasteiger partial charge in [0.15, 0.2) is 11.5 Å². The molecule has 4 rings (SSSR count). The maximum absolute atomic E-state index is 11.8. The van der Waals surface area contributed by atoms with E-state index in [1.807, 2.05) is 24.5 Å². The highest BCUT2D eigenvalue weighted by Crippen LogP contribution is 2.40. The number of hydrogen-bond donors (Lipinski definition) is 1. The van der Waals surface area contributed by atoms with Gasteiger partial charge in [-0.1, -0.05) is 18.2 Å². The summed E-state index contributed by atoms with van der Waals surface area (Å²) in [6.45, 7) is 0.994. The molecule has 2 aliphatic rings. The second kappa shape index (κ2) is 7.21. The smallest absolute Gasteiger partial charge is 0.320 e. The lowest BCUT2D eigenvalue weighted by molar-refractivity contribution is -0.142. The molecule has 136 valence electrons. The number of benzene rings is 2. The first-order valence-electron chi connectivity index (χ1n) is 8.69. The summed E-state index contributed by atoms with van der Waals surface area (Å²) in [6, 6.07) is 13.7. The predicted molar refractivity (Wildman–Crippen MR) is 100.0 cm³/mol. The van der Waals surface area contributed by atoms with Crippen LogP contribution in [0.3, 0.4) is 0 Å². The molecular formula is C20H21NO4S. The van der Waals surface area contributed by atoms with Crippen LogP contribution in [-0.2, 0) is 4.79 Å². The number of carboxylic acids is 1. The molecule has 2 atom stereocenters. The standard InChI is InChI=1S/C20H21NO4S/c1-26-15-7-4-13(5-8-15)19(21-10-2-3-16(21)20(22)23)14-6-9-17-18(11-14)25-12-24-17/h4-9,11,16,19H,2-3,10,12H2,1H3,(H,22,23). The molecule has 0 saturated carbocycles. The van der Waals surface area contributed by atoms with Crippen LogP contribution in [0.4, 0.5) is 0 Å². The molecule has 2 aromatic rings. The molecule has 2 unspecified atom stereocenters. The molecular weight excluding hydrogens is 350 g/mol. The molecule has 1 saturated heterocycles. The Morgan fingerprint density at radius 3 is 2.62 bits per heavy atom. The van der Waals surface area contributed by atoms with Crippen molar-refractivity contribution in [3.05, 3.63) is 53.6 Å². The summed E-state index contributed by atoms with van der Waals surface area (Å²) < 4.78 is 11.0. The fourth-order valence-corrected chi connectivity index (χ4v) is 4.22. The molecule has 1 N–H and O–H groups in total. The van der Waals surface area contributed by atoms with Crippen molar-refractivity contribution in [1.82, 2.24) is 4.90 Å². The van der Waals surface area contributed by atoms with Gasteiger partial charge in [0.1, 0.15) is 6.04 Å². The third kappa shape index (κ3) is 3.15. The van der Waals surface area contributed by atoms with E-state index in [1.165, 1.54) is 4.90 Å². The Labute approximate surface area is 156 Å². The molecule has 0 bridgehead atoms. The zero-order valence-corrected chi connectivity index (χ0v) is 15.4. The summed E-state index contributed by atoms with van der Waals surface area (Å²) in [4.78, 5) is 15.1. The van der Waals surface area contributed by atoms with Gasteiger partial charge in [0.2, 0.25) is 6.79 Å². The Kier molecular flexibility index (Phi) is 4.78. The second-order valence-corrected chi connectivity index (χ2v) is 7.40. The van der Waals surface area contributed by atoms with E-state index in [1.54, 1.807) is 11.8 Å². The highest BCUT2D eigenvalue weighted by molar-refractivity contribution is 7.98. The van der Waals surface area contributed by atoms with E-state index in [9.17, 15) is 9.90 Å². The molecule has 0 radical (unpaired) electrons. The lowest BCUT2D eigenvalue weighted by Crippen LogP contribution is -2.39. The van der Waals surface area contributed by atoms with Crippen molar-refractivity contribution in [1.29, 1.82) is 0 Å². The van der Waals surface area contributed by atoms with Crippen molar-refractivity contribution in [2.24, 2.45) is 0 Å². The van der Waals surface area contributed by atoms with Crippen LogP contribution >= 0.6 is 11.8 Å². The largest absolute Gasteiger partial charge is 0.480 e. The Hall–Kier alpha value is -2.18. The number of hydrogen-bond acceptors (Lipinski definition) is 5. The van der Waals surface area contributed by atoms with Gasteiger partial charge in [0.25, 0.3) is 0 Å². The zero-order valence-electron chi connectivity index (χ0n) is 14.6. The van der Waals surface area contributed by atoms with Crippen molar-refractivity contribution in [3.63, 3.8) is 0 Å². The van der Waals surface area contributed by atoms with Crippen LogP contribution in [0.1, 0.15) is 30.0 Å². The Balaban J connectivity index is 1.77. The van der Waals surface area contributed by atoms with Gasteiger partial charge in [-0.25, -0.2) is 0 Å². The van der Waals surface area contributed by atoms with Gasteiger partial charge in [-0.05, 0) is 54.5 Å². The van der Waals surface area contributed by atoms with Crippen LogP contribution in [0, 0.1) is 0 Å². The van der Waals surface area contributed by atoms with Gasteiger partial charge in [0, 0.05) is 11.4 Å². The van der Waals surface area contributed by atoms with E-state index < -0.39 is 12.0 Å². The van der Waals surface area contributed by atoms with Crippen molar-refractivity contribution < 1.29 is 19.4 Å². The number of likely N-dealkylation sites (tertiary alicyclic amines) is 1. The molecule has 0 aliphatic carbocycles. The topological polar surface area (TPSA) is 59.0 Å². The molecule has 0 amide bonds. The first-order valence-corrected chi connectivity index (χ1v) is 9.92. The summed E-state index contributed by atoms with van der Waals surface area (Å²) >= 11 is 1.69. The first kappa shape index (κ1) is 17.2. The van der Waals surface area contributed by atoms with Gasteiger partial charge < -0.3 is 14.6 Å². The maximum Gasteiger partial charge on any atom is 0.320 e. The number of rotatable bonds is 5. The summed E-state index contributed by atoms with van der Waals surface area (Å²) in [6.07, 6.45) is 3.62. The molecule has 26 heavy (non-hydrogen) atoms. The number of nitrogens with zero attached hydrogens (tertiary/aromatic N) is 1. The summed E-state index contributed by atoms with van der Waals surface area (Å²) in [5.41, 5.74) is 2.12. The number of carboxylic acid groups (broad SMARTS) is 1. The lowest BCUT2D eigenvalue weighted by atomic mass is 9.96. The second-order valence-electron chi connectivity index (χ2n) is 6.52. The van der Waals surface area contributed by atoms with E-state index in [0.717, 1.165) is 35.6 Å². The van der Waals surface area contributed by atoms with Crippen molar-refractivity contribution in [2.45, 2.75) is 29.8 Å². The minimum absolute atomic E-state index is 0.121. The maximum atomic E-state index is 11.8. The van der Waals surface area contributed by atoms with E-state index in [4.69, 9.17) is 9.47 Å². The van der Waals surface area contributed by atoms with Gasteiger partial charge in [0.05, 0.1) is 6.04 Å². The van der Waals surface area contributed by atoms with Gasteiger partial charge >= 0.3 is 5.97 Å². The molecule has 6 heteroatoms. The van der Waals surface area contributed by atoms with Crippen molar-refractivity contribution in [2.75, 3.05) is 19.6 Å². The monoisotopic (exact) mass is 371 g/mol. The van der Waals surface area contributed by atoms with Crippen LogP contribution in [0.15, 0.2) is 47.4 Å². The van der Waals surface area contributed by atoms with Gasteiger partial charge in [-0.3, -0.25) is 9.69 Å². The normalized spacial score (nSPS) is 20.3. The number of thioether (sulfide) groups is 1. The highest BCUT2D eigenvalue weighted by atomic mass is 32.2. The fourth-order valence-electron chi connectivity index (χ4n) is 3.81. The number of aliphatic carboxylic acids is 1. The Morgan fingerprint density at radius 2 is 1.88 bits per heavy atom. The Morgan fingerprint density at radius 1 is 1.15 bits per heavy atom. The molecule has 2 aromatic carbocycles. The minimum atomic E-state index is -0.756. The summed E-state index contributed by atoms with van der Waals surface area (Å²) in [5.74, 6) is 0.703. The number of carbonyl (C=O) groups is 1. The highest BCUT2D eigenvalue weighted by Gasteiger charge is 2.37. The lowest BCUT2D eigenvalue weighted by Gasteiger charge is -2.32. The minimum Gasteiger partial charge on any atom is -0.480 e. The molecule has 1 fully saturated rings. The third-order valence-corrected chi connectivity index (χ3v) is 5.80. The van der Waals surface area contributed by atoms with E-state index >= 15 is 0 Å². The number of fused-ring (bicyclic) bond motifs is 1. The van der Waals surface area contributed by atoms with Crippen LogP contribution in [0.5, 0.6) is 11.5 Å². The summed E-state index contributed by atoms with van der Waals surface area (Å²) in [7, 11) is 0. The van der Waals surface area contributed by atoms with E-state index in [0.29, 0.717) is 6.42 Å². The van der Waals surface area contributed by atoms with Gasteiger partial charge in [-0.15, -0.1) is 11.8 Å². The predicted octanol–water partition coefficient (Wildman–Crippen LogP) is 3.78. The SMILES string of the molecule is CSc1ccc(C(c2ccc3c(c2)OCO3)N2CCCC2C(=O)O)cc1. The van der Waals surface area contributed by atoms with Crippen LogP contribution in [-0.4, -0.2) is 41.6 Å².